The van der Waals surface area contributed by atoms with Gasteiger partial charge in [-0.15, -0.1) is 0 Å². The van der Waals surface area contributed by atoms with Crippen LogP contribution in [0.25, 0.3) is 11.0 Å². The number of hydrogen-bond donors (Lipinski definition) is 1. The molecule has 41 heavy (non-hydrogen) atoms. The summed E-state index contributed by atoms with van der Waals surface area (Å²) >= 11 is 0. The summed E-state index contributed by atoms with van der Waals surface area (Å²) in [4.78, 5) is 24.2. The quantitative estimate of drug-likeness (QED) is 0.179. The fraction of sp³-hybridized carbons (Fsp3) is 0.536. The van der Waals surface area contributed by atoms with E-state index in [9.17, 15) is 18.0 Å². The second-order valence-corrected chi connectivity index (χ2v) is 17.7. The van der Waals surface area contributed by atoms with Crippen molar-refractivity contribution in [3.05, 3.63) is 52.2 Å². The van der Waals surface area contributed by atoms with Gasteiger partial charge in [0.15, 0.2) is 0 Å². The van der Waals surface area contributed by atoms with Gasteiger partial charge in [-0.2, -0.15) is 13.2 Å². The molecular formula is C28H35F4N5O3Si. The third kappa shape index (κ3) is 5.84. The number of pyridine rings is 2. The fourth-order valence-corrected chi connectivity index (χ4v) is 6.10. The lowest BCUT2D eigenvalue weighted by atomic mass is 9.89. The summed E-state index contributed by atoms with van der Waals surface area (Å²) < 4.78 is 68.0. The highest BCUT2D eigenvalue weighted by Gasteiger charge is 2.38. The summed E-state index contributed by atoms with van der Waals surface area (Å²) in [5.74, 6) is -1.17. The number of rotatable bonds is 9. The van der Waals surface area contributed by atoms with Crippen LogP contribution in [0.15, 0.2) is 18.3 Å². The number of fused-ring (bicyclic) bond motifs is 3. The predicted octanol–water partition coefficient (Wildman–Crippen LogP) is 6.27. The molecule has 1 fully saturated rings. The number of nitrogens with zero attached hydrogens (tertiary/aromatic N) is 4. The highest BCUT2D eigenvalue weighted by molar-refractivity contribution is 6.76. The van der Waals surface area contributed by atoms with Gasteiger partial charge in [-0.05, 0) is 44.4 Å². The number of amides is 1. The first kappa shape index (κ1) is 29.5. The predicted molar refractivity (Wildman–Crippen MR) is 148 cm³/mol. The van der Waals surface area contributed by atoms with Crippen molar-refractivity contribution in [2.24, 2.45) is 0 Å². The fourth-order valence-electron chi connectivity index (χ4n) is 5.35. The molecule has 3 aromatic heterocycles. The minimum atomic E-state index is -4.73. The molecule has 222 valence electrons. The van der Waals surface area contributed by atoms with Gasteiger partial charge in [-0.25, -0.2) is 9.37 Å². The number of halogens is 4. The number of carbonyl (C=O) groups excluding carboxylic acids is 1. The minimum Gasteiger partial charge on any atom is -0.383 e. The van der Waals surface area contributed by atoms with Crippen LogP contribution in [0.1, 0.15) is 65.1 Å². The van der Waals surface area contributed by atoms with Crippen molar-refractivity contribution in [2.45, 2.75) is 90.1 Å². The maximum Gasteiger partial charge on any atom is 0.417 e. The first-order valence-electron chi connectivity index (χ1n) is 13.8. The Kier molecular flexibility index (Phi) is 7.90. The molecule has 13 heteroatoms. The van der Waals surface area contributed by atoms with E-state index in [1.54, 1.807) is 17.6 Å². The Balaban J connectivity index is 1.55. The monoisotopic (exact) mass is 593 g/mol. The molecule has 2 N–H and O–H groups in total. The summed E-state index contributed by atoms with van der Waals surface area (Å²) in [6.45, 7) is 9.58. The first-order valence-corrected chi connectivity index (χ1v) is 17.5. The Labute approximate surface area is 236 Å². The van der Waals surface area contributed by atoms with Crippen LogP contribution in [0.5, 0.6) is 0 Å². The topological polar surface area (TPSA) is 95.5 Å². The van der Waals surface area contributed by atoms with Crippen molar-refractivity contribution in [1.29, 1.82) is 0 Å². The van der Waals surface area contributed by atoms with E-state index >= 15 is 4.39 Å². The molecule has 0 saturated heterocycles. The lowest BCUT2D eigenvalue weighted by molar-refractivity contribution is -0.138. The normalized spacial score (nSPS) is 16.6. The van der Waals surface area contributed by atoms with Gasteiger partial charge in [0.05, 0.1) is 41.5 Å². The summed E-state index contributed by atoms with van der Waals surface area (Å²) in [6.07, 6.45) is -1.85. The Morgan fingerprint density at radius 3 is 2.56 bits per heavy atom. The summed E-state index contributed by atoms with van der Waals surface area (Å²) in [5, 5.41) is 0. The van der Waals surface area contributed by atoms with Gasteiger partial charge in [-0.3, -0.25) is 9.78 Å². The third-order valence-electron chi connectivity index (χ3n) is 7.92. The number of aromatic nitrogens is 3. The van der Waals surface area contributed by atoms with E-state index in [1.165, 1.54) is 4.90 Å². The van der Waals surface area contributed by atoms with Crippen molar-refractivity contribution in [3.8, 4) is 0 Å². The molecule has 1 amide bonds. The molecule has 0 radical (unpaired) electrons. The van der Waals surface area contributed by atoms with Crippen molar-refractivity contribution < 1.29 is 31.8 Å². The van der Waals surface area contributed by atoms with Gasteiger partial charge >= 0.3 is 6.18 Å². The second kappa shape index (κ2) is 11.0. The van der Waals surface area contributed by atoms with Gasteiger partial charge in [0.2, 0.25) is 0 Å². The van der Waals surface area contributed by atoms with Crippen LogP contribution in [0.2, 0.25) is 25.7 Å². The van der Waals surface area contributed by atoms with E-state index in [0.29, 0.717) is 61.8 Å². The van der Waals surface area contributed by atoms with Crippen LogP contribution in [-0.4, -0.2) is 46.1 Å². The maximum absolute atomic E-state index is 15.0. The first-order chi connectivity index (χ1) is 19.3. The van der Waals surface area contributed by atoms with Gasteiger partial charge in [0.25, 0.3) is 5.91 Å². The molecular weight excluding hydrogens is 558 g/mol. The van der Waals surface area contributed by atoms with Crippen molar-refractivity contribution in [3.63, 3.8) is 0 Å². The average Bonchev–Trinajstić information content (AvgIpc) is 3.47. The molecule has 1 aliphatic carbocycles. The number of anilines is 1. The summed E-state index contributed by atoms with van der Waals surface area (Å²) in [5.41, 5.74) is 7.94. The second-order valence-electron chi connectivity index (χ2n) is 12.0. The lowest BCUT2D eigenvalue weighted by Gasteiger charge is -2.41. The highest BCUT2D eigenvalue weighted by atomic mass is 28.3. The van der Waals surface area contributed by atoms with E-state index in [-0.39, 0.29) is 24.2 Å². The smallest absolute Gasteiger partial charge is 0.383 e. The molecule has 1 unspecified atom stereocenters. The zero-order chi connectivity index (χ0) is 29.7. The van der Waals surface area contributed by atoms with Crippen molar-refractivity contribution in [1.82, 2.24) is 19.4 Å². The Morgan fingerprint density at radius 1 is 1.24 bits per heavy atom. The Hall–Kier alpha value is -3.03. The van der Waals surface area contributed by atoms with E-state index in [0.717, 1.165) is 23.6 Å². The Bertz CT molecular complexity index is 1470. The lowest BCUT2D eigenvalue weighted by Crippen LogP contribution is -2.46. The zero-order valence-electron chi connectivity index (χ0n) is 23.6. The molecule has 0 bridgehead atoms. The zero-order valence-corrected chi connectivity index (χ0v) is 24.6. The molecule has 4 heterocycles. The highest BCUT2D eigenvalue weighted by Crippen LogP contribution is 2.38. The number of ether oxygens (including phenoxy) is 2. The van der Waals surface area contributed by atoms with Crippen LogP contribution in [0.3, 0.4) is 0 Å². The average molecular weight is 594 g/mol. The molecule has 2 aliphatic rings. The molecule has 1 atom stereocenters. The molecule has 3 aromatic rings. The molecule has 8 nitrogen and oxygen atoms in total. The van der Waals surface area contributed by atoms with E-state index in [1.807, 2.05) is 0 Å². The van der Waals surface area contributed by atoms with Crippen LogP contribution in [0.4, 0.5) is 23.4 Å². The number of nitrogen functional groups attached to an aromatic ring is 1. The van der Waals surface area contributed by atoms with E-state index in [2.05, 4.69) is 29.6 Å². The van der Waals surface area contributed by atoms with Gasteiger partial charge in [0, 0.05) is 38.0 Å². The van der Waals surface area contributed by atoms with Crippen LogP contribution in [0, 0.1) is 5.82 Å². The van der Waals surface area contributed by atoms with Gasteiger partial charge < -0.3 is 24.7 Å². The summed E-state index contributed by atoms with van der Waals surface area (Å²) in [6, 6.07) is 1.89. The van der Waals surface area contributed by atoms with Crippen LogP contribution >= 0.6 is 0 Å². The van der Waals surface area contributed by atoms with Crippen molar-refractivity contribution >= 4 is 30.8 Å². The standard InChI is InChI=1S/C28H35F4N5O3Si/c1-16(24-21(29)10-17(12-34-24)28(30,31)32)37(18-6-5-7-18)27(38)23-11-22-25(19-13-40-14-20(19)26(33)35-22)36(23)15-39-8-9-41(2,3)4/h10-12,16,18H,5-9,13-15H2,1-4H3,(H2,33,35). The minimum absolute atomic E-state index is 0.0901. The van der Waals surface area contributed by atoms with Gasteiger partial charge in [-0.1, -0.05) is 19.6 Å². The van der Waals surface area contributed by atoms with Crippen molar-refractivity contribution in [2.75, 3.05) is 12.3 Å². The van der Waals surface area contributed by atoms with E-state index in [4.69, 9.17) is 15.2 Å². The van der Waals surface area contributed by atoms with E-state index < -0.39 is 37.6 Å². The SMILES string of the molecule is CC(c1ncc(C(F)(F)F)cc1F)N(C(=O)c1cc2nc(N)c3c(c2n1COCC[Si](C)(C)C)COC3)C1CCC1. The number of nitrogens with two attached hydrogens (primary N) is 1. The largest absolute Gasteiger partial charge is 0.417 e. The summed E-state index contributed by atoms with van der Waals surface area (Å²) in [7, 11) is -1.37. The van der Waals surface area contributed by atoms with Gasteiger partial charge in [0.1, 0.15) is 24.1 Å². The molecule has 1 aliphatic heterocycles. The third-order valence-corrected chi connectivity index (χ3v) is 9.62. The molecule has 0 spiro atoms. The maximum atomic E-state index is 15.0. The Morgan fingerprint density at radius 2 is 1.95 bits per heavy atom. The number of hydrogen-bond acceptors (Lipinski definition) is 6. The molecule has 1 saturated carbocycles. The van der Waals surface area contributed by atoms with Crippen LogP contribution < -0.4 is 5.73 Å². The molecule has 5 rings (SSSR count). The van der Waals surface area contributed by atoms with Crippen LogP contribution in [-0.2, 0) is 35.6 Å². The number of alkyl halides is 3. The number of carbonyl (C=O) groups is 1. The molecule has 0 aromatic carbocycles.